The van der Waals surface area contributed by atoms with Crippen LogP contribution in [0.2, 0.25) is 0 Å². The molecule has 106 valence electrons. The van der Waals surface area contributed by atoms with Crippen LogP contribution in [0.25, 0.3) is 0 Å². The second kappa shape index (κ2) is 6.89. The highest BCUT2D eigenvalue weighted by atomic mass is 16.5. The fraction of sp³-hybridized carbons (Fsp3) is 0.600. The zero-order valence-corrected chi connectivity index (χ0v) is 11.3. The van der Waals surface area contributed by atoms with Crippen LogP contribution >= 0.6 is 0 Å². The molecule has 19 heavy (non-hydrogen) atoms. The predicted octanol–water partition coefficient (Wildman–Crippen LogP) is 1.27. The molecule has 0 unspecified atom stereocenters. The molecule has 2 rings (SSSR count). The van der Waals surface area contributed by atoms with E-state index >= 15 is 0 Å². The second-order valence-corrected chi connectivity index (χ2v) is 5.24. The Morgan fingerprint density at radius 1 is 1.16 bits per heavy atom. The Hall–Kier alpha value is -1.10. The third-order valence-electron chi connectivity index (χ3n) is 3.72. The van der Waals surface area contributed by atoms with Gasteiger partial charge in [-0.05, 0) is 37.9 Å². The third-order valence-corrected chi connectivity index (χ3v) is 3.72. The molecule has 0 saturated carbocycles. The third kappa shape index (κ3) is 4.49. The smallest absolute Gasteiger partial charge is 0.119 e. The number of hydrogen-bond acceptors (Lipinski definition) is 4. The number of aliphatic hydroxyl groups is 2. The summed E-state index contributed by atoms with van der Waals surface area (Å²) < 4.78 is 5.67. The molecule has 0 spiro atoms. The lowest BCUT2D eigenvalue weighted by molar-refractivity contribution is -0.0255. The molecule has 2 N–H and O–H groups in total. The van der Waals surface area contributed by atoms with E-state index in [0.717, 1.165) is 31.8 Å². The van der Waals surface area contributed by atoms with Crippen molar-refractivity contribution in [1.29, 1.82) is 0 Å². The molecular formula is C15H23NO3. The van der Waals surface area contributed by atoms with Crippen LogP contribution in [0, 0.1) is 0 Å². The number of benzene rings is 1. The number of aliphatic hydroxyl groups excluding tert-OH is 1. The number of hydrogen-bond donors (Lipinski definition) is 2. The first-order valence-corrected chi connectivity index (χ1v) is 6.95. The van der Waals surface area contributed by atoms with E-state index in [1.807, 2.05) is 30.3 Å². The van der Waals surface area contributed by atoms with Gasteiger partial charge in [0, 0.05) is 13.1 Å². The van der Waals surface area contributed by atoms with Gasteiger partial charge < -0.3 is 14.9 Å². The van der Waals surface area contributed by atoms with Gasteiger partial charge in [-0.25, -0.2) is 0 Å². The van der Waals surface area contributed by atoms with Crippen molar-refractivity contribution in [1.82, 2.24) is 4.90 Å². The number of likely N-dealkylation sites (tertiary alicyclic amines) is 1. The van der Waals surface area contributed by atoms with Crippen molar-refractivity contribution >= 4 is 0 Å². The van der Waals surface area contributed by atoms with Crippen molar-refractivity contribution in [3.63, 3.8) is 0 Å². The minimum absolute atomic E-state index is 0.138. The van der Waals surface area contributed by atoms with Crippen molar-refractivity contribution in [3.8, 4) is 5.75 Å². The first-order valence-electron chi connectivity index (χ1n) is 6.95. The summed E-state index contributed by atoms with van der Waals surface area (Å²) in [7, 11) is 0. The number of para-hydroxylation sites is 1. The van der Waals surface area contributed by atoms with E-state index in [0.29, 0.717) is 19.4 Å². The Kier molecular flexibility index (Phi) is 5.19. The van der Waals surface area contributed by atoms with E-state index < -0.39 is 5.60 Å². The normalized spacial score (nSPS) is 24.9. The van der Waals surface area contributed by atoms with Gasteiger partial charge in [-0.2, -0.15) is 0 Å². The van der Waals surface area contributed by atoms with E-state index in [-0.39, 0.29) is 6.61 Å². The molecule has 0 aromatic heterocycles. The fourth-order valence-electron chi connectivity index (χ4n) is 2.43. The van der Waals surface area contributed by atoms with E-state index in [1.165, 1.54) is 0 Å². The summed E-state index contributed by atoms with van der Waals surface area (Å²) in [6, 6.07) is 9.79. The van der Waals surface area contributed by atoms with Gasteiger partial charge in [0.1, 0.15) is 12.4 Å². The Morgan fingerprint density at radius 2 is 1.95 bits per heavy atom. The van der Waals surface area contributed by atoms with E-state index in [2.05, 4.69) is 4.90 Å². The molecule has 1 fully saturated rings. The van der Waals surface area contributed by atoms with Crippen LogP contribution in [0.3, 0.4) is 0 Å². The first kappa shape index (κ1) is 14.3. The minimum atomic E-state index is -0.880. The van der Waals surface area contributed by atoms with Crippen molar-refractivity contribution in [3.05, 3.63) is 30.3 Å². The van der Waals surface area contributed by atoms with Crippen LogP contribution in [-0.2, 0) is 0 Å². The van der Waals surface area contributed by atoms with Crippen LogP contribution in [0.4, 0.5) is 0 Å². The summed E-state index contributed by atoms with van der Waals surface area (Å²) in [6.45, 7) is 3.15. The molecule has 1 aromatic rings. The Balaban J connectivity index is 1.72. The van der Waals surface area contributed by atoms with E-state index in [1.54, 1.807) is 0 Å². The van der Waals surface area contributed by atoms with Crippen LogP contribution in [0.5, 0.6) is 5.75 Å². The van der Waals surface area contributed by atoms with Gasteiger partial charge in [0.05, 0.1) is 12.2 Å². The molecule has 0 bridgehead atoms. The Bertz CT molecular complexity index is 371. The van der Waals surface area contributed by atoms with Gasteiger partial charge in [-0.1, -0.05) is 18.2 Å². The first-order chi connectivity index (χ1) is 9.22. The largest absolute Gasteiger partial charge is 0.492 e. The van der Waals surface area contributed by atoms with Crippen molar-refractivity contribution < 1.29 is 14.9 Å². The average molecular weight is 265 g/mol. The number of ether oxygens (including phenoxy) is 1. The molecular weight excluding hydrogens is 242 g/mol. The molecule has 1 aromatic carbocycles. The molecule has 0 aliphatic carbocycles. The molecule has 4 nitrogen and oxygen atoms in total. The molecule has 1 heterocycles. The van der Waals surface area contributed by atoms with Crippen LogP contribution in [0.1, 0.15) is 19.3 Å². The lowest BCUT2D eigenvalue weighted by atomic mass is 9.96. The van der Waals surface area contributed by atoms with Gasteiger partial charge in [0.15, 0.2) is 0 Å². The maximum absolute atomic E-state index is 10.1. The van der Waals surface area contributed by atoms with E-state index in [4.69, 9.17) is 4.74 Å². The SMILES string of the molecule is OC[C@@]1(O)CCCN(CCOc2ccccc2)CC1. The van der Waals surface area contributed by atoms with Gasteiger partial charge in [-0.3, -0.25) is 4.90 Å². The van der Waals surface area contributed by atoms with Crippen LogP contribution in [-0.4, -0.2) is 53.6 Å². The lowest BCUT2D eigenvalue weighted by Crippen LogP contribution is -2.35. The lowest BCUT2D eigenvalue weighted by Gasteiger charge is -2.24. The van der Waals surface area contributed by atoms with Crippen molar-refractivity contribution in [2.45, 2.75) is 24.9 Å². The van der Waals surface area contributed by atoms with Crippen molar-refractivity contribution in [2.24, 2.45) is 0 Å². The molecule has 4 heteroatoms. The second-order valence-electron chi connectivity index (χ2n) is 5.24. The molecule has 0 radical (unpaired) electrons. The average Bonchev–Trinajstić information content (AvgIpc) is 2.63. The Labute approximate surface area is 114 Å². The maximum atomic E-state index is 10.1. The number of rotatable bonds is 5. The summed E-state index contributed by atoms with van der Waals surface area (Å²) >= 11 is 0. The highest BCUT2D eigenvalue weighted by Crippen LogP contribution is 2.21. The standard InChI is InChI=1S/C15H23NO3/c17-13-15(18)7-4-9-16(10-8-15)11-12-19-14-5-2-1-3-6-14/h1-3,5-6,17-18H,4,7-13H2/t15-/m1/s1. The summed E-state index contributed by atoms with van der Waals surface area (Å²) in [5.74, 6) is 0.893. The van der Waals surface area contributed by atoms with Crippen molar-refractivity contribution in [2.75, 3.05) is 32.8 Å². The maximum Gasteiger partial charge on any atom is 0.119 e. The van der Waals surface area contributed by atoms with Crippen LogP contribution < -0.4 is 4.74 Å². The molecule has 1 atom stereocenters. The summed E-state index contributed by atoms with van der Waals surface area (Å²) in [6.07, 6.45) is 2.23. The van der Waals surface area contributed by atoms with Gasteiger partial charge >= 0.3 is 0 Å². The molecule has 1 saturated heterocycles. The van der Waals surface area contributed by atoms with Gasteiger partial charge in [-0.15, -0.1) is 0 Å². The topological polar surface area (TPSA) is 52.9 Å². The minimum Gasteiger partial charge on any atom is -0.492 e. The fourth-order valence-corrected chi connectivity index (χ4v) is 2.43. The zero-order chi connectivity index (χ0) is 13.6. The molecule has 1 aliphatic heterocycles. The molecule has 0 amide bonds. The quantitative estimate of drug-likeness (QED) is 0.842. The van der Waals surface area contributed by atoms with Crippen LogP contribution in [0.15, 0.2) is 30.3 Å². The number of nitrogens with zero attached hydrogens (tertiary/aromatic N) is 1. The van der Waals surface area contributed by atoms with Gasteiger partial charge in [0.2, 0.25) is 0 Å². The monoisotopic (exact) mass is 265 g/mol. The highest BCUT2D eigenvalue weighted by Gasteiger charge is 2.29. The molecule has 1 aliphatic rings. The van der Waals surface area contributed by atoms with Gasteiger partial charge in [0.25, 0.3) is 0 Å². The summed E-state index contributed by atoms with van der Waals surface area (Å²) in [5.41, 5.74) is -0.880. The zero-order valence-electron chi connectivity index (χ0n) is 11.3. The predicted molar refractivity (Wildman–Crippen MR) is 74.3 cm³/mol. The summed E-state index contributed by atoms with van der Waals surface area (Å²) in [4.78, 5) is 2.29. The summed E-state index contributed by atoms with van der Waals surface area (Å²) in [5, 5.41) is 19.3. The highest BCUT2D eigenvalue weighted by molar-refractivity contribution is 5.20. The van der Waals surface area contributed by atoms with E-state index in [9.17, 15) is 10.2 Å². The Morgan fingerprint density at radius 3 is 2.68 bits per heavy atom.